The fraction of sp³-hybridized carbons (Fsp3) is 0.0909. The van der Waals surface area contributed by atoms with Crippen molar-refractivity contribution in [1.29, 1.82) is 0 Å². The van der Waals surface area contributed by atoms with E-state index >= 15 is 0 Å². The number of Topliss-reactive ketones (excluding diaryl/α,β-unsaturated/α-hetero) is 1. The first-order valence-corrected chi connectivity index (χ1v) is 8.42. The number of carbonyl (C=O) groups is 2. The molecule has 0 aliphatic rings. The van der Waals surface area contributed by atoms with Gasteiger partial charge in [-0.1, -0.05) is 24.3 Å². The molecule has 0 bridgehead atoms. The van der Waals surface area contributed by atoms with E-state index in [9.17, 15) is 9.59 Å². The Morgan fingerprint density at radius 3 is 2.26 bits per heavy atom. The number of anilines is 1. The van der Waals surface area contributed by atoms with Crippen molar-refractivity contribution in [3.63, 3.8) is 0 Å². The number of benzene rings is 3. The van der Waals surface area contributed by atoms with Crippen LogP contribution in [0.1, 0.15) is 20.7 Å². The van der Waals surface area contributed by atoms with Crippen molar-refractivity contribution in [1.82, 2.24) is 0 Å². The van der Waals surface area contributed by atoms with Crippen molar-refractivity contribution in [2.45, 2.75) is 0 Å². The van der Waals surface area contributed by atoms with Gasteiger partial charge in [-0.25, -0.2) is 0 Å². The molecule has 3 aromatic rings. The number of hydrogen-bond donors (Lipinski definition) is 1. The van der Waals surface area contributed by atoms with E-state index in [0.717, 1.165) is 0 Å². The SMILES string of the molecule is COc1ccc(C(=O)COc2cccc(NC(=O)c3ccccc3)c2)cc1. The molecule has 0 aromatic heterocycles. The molecule has 1 amide bonds. The van der Waals surface area contributed by atoms with E-state index in [0.29, 0.717) is 28.3 Å². The Morgan fingerprint density at radius 2 is 1.56 bits per heavy atom. The van der Waals surface area contributed by atoms with Crippen LogP contribution in [0.25, 0.3) is 0 Å². The summed E-state index contributed by atoms with van der Waals surface area (Å²) in [4.78, 5) is 24.4. The predicted molar refractivity (Wildman–Crippen MR) is 104 cm³/mol. The highest BCUT2D eigenvalue weighted by molar-refractivity contribution is 6.04. The number of rotatable bonds is 7. The molecule has 0 heterocycles. The van der Waals surface area contributed by atoms with Crippen molar-refractivity contribution >= 4 is 17.4 Å². The molecule has 0 radical (unpaired) electrons. The minimum atomic E-state index is -0.206. The Labute approximate surface area is 157 Å². The molecule has 3 rings (SSSR count). The fourth-order valence-corrected chi connectivity index (χ4v) is 2.47. The first-order valence-electron chi connectivity index (χ1n) is 8.42. The number of methoxy groups -OCH3 is 1. The number of nitrogens with one attached hydrogen (secondary N) is 1. The Hall–Kier alpha value is -3.60. The Balaban J connectivity index is 1.60. The van der Waals surface area contributed by atoms with Gasteiger partial charge in [0.25, 0.3) is 5.91 Å². The summed E-state index contributed by atoms with van der Waals surface area (Å²) in [6.07, 6.45) is 0. The van der Waals surface area contributed by atoms with Gasteiger partial charge in [-0.05, 0) is 48.5 Å². The van der Waals surface area contributed by atoms with Crippen molar-refractivity contribution < 1.29 is 19.1 Å². The van der Waals surface area contributed by atoms with Crippen molar-refractivity contribution in [2.75, 3.05) is 19.0 Å². The quantitative estimate of drug-likeness (QED) is 0.640. The zero-order valence-electron chi connectivity index (χ0n) is 14.8. The van der Waals surface area contributed by atoms with Crippen LogP contribution in [0.3, 0.4) is 0 Å². The van der Waals surface area contributed by atoms with Crippen LogP contribution >= 0.6 is 0 Å². The van der Waals surface area contributed by atoms with Gasteiger partial charge in [0.2, 0.25) is 0 Å². The van der Waals surface area contributed by atoms with E-state index in [-0.39, 0.29) is 18.3 Å². The lowest BCUT2D eigenvalue weighted by Gasteiger charge is -2.09. The van der Waals surface area contributed by atoms with Crippen LogP contribution in [0.4, 0.5) is 5.69 Å². The normalized spacial score (nSPS) is 10.1. The molecule has 0 saturated heterocycles. The first kappa shape index (κ1) is 18.2. The highest BCUT2D eigenvalue weighted by Crippen LogP contribution is 2.19. The third-order valence-corrected chi connectivity index (χ3v) is 3.91. The summed E-state index contributed by atoms with van der Waals surface area (Å²) in [5.41, 5.74) is 1.71. The van der Waals surface area contributed by atoms with E-state index in [1.54, 1.807) is 79.9 Å². The number of hydrogen-bond acceptors (Lipinski definition) is 4. The van der Waals surface area contributed by atoms with Crippen LogP contribution in [0.5, 0.6) is 11.5 Å². The number of ether oxygens (including phenoxy) is 2. The topological polar surface area (TPSA) is 64.6 Å². The molecule has 0 aliphatic heterocycles. The van der Waals surface area contributed by atoms with Crippen molar-refractivity contribution in [2.24, 2.45) is 0 Å². The number of amides is 1. The van der Waals surface area contributed by atoms with Crippen LogP contribution < -0.4 is 14.8 Å². The molecule has 27 heavy (non-hydrogen) atoms. The minimum absolute atomic E-state index is 0.0948. The molecule has 0 unspecified atom stereocenters. The van der Waals surface area contributed by atoms with Crippen molar-refractivity contribution in [3.8, 4) is 11.5 Å². The van der Waals surface area contributed by atoms with Crippen LogP contribution in [-0.4, -0.2) is 25.4 Å². The van der Waals surface area contributed by atoms with E-state index in [4.69, 9.17) is 9.47 Å². The molecule has 136 valence electrons. The first-order chi connectivity index (χ1) is 13.2. The molecule has 1 N–H and O–H groups in total. The summed E-state index contributed by atoms with van der Waals surface area (Å²) < 4.78 is 10.7. The van der Waals surface area contributed by atoms with Gasteiger partial charge in [-0.15, -0.1) is 0 Å². The molecule has 3 aromatic carbocycles. The zero-order chi connectivity index (χ0) is 19.1. The van der Waals surface area contributed by atoms with E-state index in [2.05, 4.69) is 5.32 Å². The summed E-state index contributed by atoms with van der Waals surface area (Å²) in [6.45, 7) is -0.0948. The average molecular weight is 361 g/mol. The van der Waals surface area contributed by atoms with Crippen LogP contribution in [-0.2, 0) is 0 Å². The highest BCUT2D eigenvalue weighted by atomic mass is 16.5. The van der Waals surface area contributed by atoms with Gasteiger partial charge in [-0.2, -0.15) is 0 Å². The molecular formula is C22H19NO4. The van der Waals surface area contributed by atoms with Gasteiger partial charge in [-0.3, -0.25) is 9.59 Å². The molecule has 0 aliphatic carbocycles. The second-order valence-electron chi connectivity index (χ2n) is 5.79. The average Bonchev–Trinajstić information content (AvgIpc) is 2.73. The molecule has 5 heteroatoms. The van der Waals surface area contributed by atoms with Crippen LogP contribution in [0.2, 0.25) is 0 Å². The maximum absolute atomic E-state index is 12.2. The number of ketones is 1. The molecule has 0 fully saturated rings. The lowest BCUT2D eigenvalue weighted by Crippen LogP contribution is -2.13. The summed E-state index contributed by atoms with van der Waals surface area (Å²) in [7, 11) is 1.57. The van der Waals surface area contributed by atoms with E-state index in [1.165, 1.54) is 0 Å². The minimum Gasteiger partial charge on any atom is -0.497 e. The summed E-state index contributed by atoms with van der Waals surface area (Å²) >= 11 is 0. The van der Waals surface area contributed by atoms with Gasteiger partial charge >= 0.3 is 0 Å². The maximum atomic E-state index is 12.2. The Kier molecular flexibility index (Phi) is 5.84. The monoisotopic (exact) mass is 361 g/mol. The smallest absolute Gasteiger partial charge is 0.255 e. The maximum Gasteiger partial charge on any atom is 0.255 e. The zero-order valence-corrected chi connectivity index (χ0v) is 14.8. The van der Waals surface area contributed by atoms with Crippen LogP contribution in [0, 0.1) is 0 Å². The summed E-state index contributed by atoms with van der Waals surface area (Å²) in [5, 5.41) is 2.81. The molecular weight excluding hydrogens is 342 g/mol. The lowest BCUT2D eigenvalue weighted by molar-refractivity contribution is 0.0920. The third kappa shape index (κ3) is 4.95. The highest BCUT2D eigenvalue weighted by Gasteiger charge is 2.09. The molecule has 0 saturated carbocycles. The predicted octanol–water partition coefficient (Wildman–Crippen LogP) is 4.21. The van der Waals surface area contributed by atoms with E-state index in [1.807, 2.05) is 6.07 Å². The van der Waals surface area contributed by atoms with Gasteiger partial charge in [0.15, 0.2) is 12.4 Å². The molecule has 0 atom stereocenters. The Bertz CT molecular complexity index is 921. The molecule has 5 nitrogen and oxygen atoms in total. The summed E-state index contributed by atoms with van der Waals surface area (Å²) in [6, 6.07) is 22.7. The Morgan fingerprint density at radius 1 is 0.815 bits per heavy atom. The number of carbonyl (C=O) groups excluding carboxylic acids is 2. The fourth-order valence-electron chi connectivity index (χ4n) is 2.47. The second-order valence-corrected chi connectivity index (χ2v) is 5.79. The van der Waals surface area contributed by atoms with Crippen LogP contribution in [0.15, 0.2) is 78.9 Å². The molecule has 0 spiro atoms. The van der Waals surface area contributed by atoms with Gasteiger partial charge in [0.05, 0.1) is 7.11 Å². The van der Waals surface area contributed by atoms with E-state index < -0.39 is 0 Å². The van der Waals surface area contributed by atoms with Gasteiger partial charge in [0, 0.05) is 22.9 Å². The summed E-state index contributed by atoms with van der Waals surface area (Å²) in [5.74, 6) is 0.843. The third-order valence-electron chi connectivity index (χ3n) is 3.91. The largest absolute Gasteiger partial charge is 0.497 e. The lowest BCUT2D eigenvalue weighted by atomic mass is 10.1. The van der Waals surface area contributed by atoms with Gasteiger partial charge in [0.1, 0.15) is 11.5 Å². The van der Waals surface area contributed by atoms with Gasteiger partial charge < -0.3 is 14.8 Å². The van der Waals surface area contributed by atoms with Crippen molar-refractivity contribution in [3.05, 3.63) is 90.0 Å². The standard InChI is InChI=1S/C22H19NO4/c1-26-19-12-10-16(11-13-19)21(24)15-27-20-9-5-8-18(14-20)23-22(25)17-6-3-2-4-7-17/h2-14H,15H2,1H3,(H,23,25). The second kappa shape index (κ2) is 8.67.